The first-order valence-electron chi connectivity index (χ1n) is 7.94. The third-order valence-corrected chi connectivity index (χ3v) is 4.15. The fraction of sp³-hybridized carbons (Fsp3) is 1.00. The van der Waals surface area contributed by atoms with E-state index in [1.165, 1.54) is 0 Å². The number of ether oxygens (including phenoxy) is 1. The van der Waals surface area contributed by atoms with Gasteiger partial charge in [0.15, 0.2) is 0 Å². The predicted molar refractivity (Wildman–Crippen MR) is 84.0 cm³/mol. The lowest BCUT2D eigenvalue weighted by molar-refractivity contribution is -0.153. The van der Waals surface area contributed by atoms with Crippen molar-refractivity contribution in [3.63, 3.8) is 0 Å². The summed E-state index contributed by atoms with van der Waals surface area (Å²) in [4.78, 5) is 2.45. The Morgan fingerprint density at radius 2 is 2.10 bits per heavy atom. The van der Waals surface area contributed by atoms with Gasteiger partial charge in [0.2, 0.25) is 0 Å². The molecule has 1 saturated heterocycles. The van der Waals surface area contributed by atoms with E-state index in [1.54, 1.807) is 0 Å². The molecule has 0 bridgehead atoms. The van der Waals surface area contributed by atoms with Crippen molar-refractivity contribution < 1.29 is 9.84 Å². The van der Waals surface area contributed by atoms with Gasteiger partial charge < -0.3 is 15.2 Å². The van der Waals surface area contributed by atoms with Gasteiger partial charge in [-0.3, -0.25) is 4.90 Å². The molecule has 1 heterocycles. The van der Waals surface area contributed by atoms with Crippen LogP contribution in [0.4, 0.5) is 0 Å². The molecule has 0 spiro atoms. The van der Waals surface area contributed by atoms with E-state index in [0.717, 1.165) is 32.6 Å². The SMILES string of the molecule is CCC(C)(CNC(C)C)CN1CC(CO)OC(C)(C)C1. The molecule has 0 aromatic rings. The van der Waals surface area contributed by atoms with Crippen LogP contribution in [0.15, 0.2) is 0 Å². The van der Waals surface area contributed by atoms with Gasteiger partial charge in [-0.15, -0.1) is 0 Å². The smallest absolute Gasteiger partial charge is 0.0940 e. The average Bonchev–Trinajstić information content (AvgIpc) is 2.34. The highest BCUT2D eigenvalue weighted by Gasteiger charge is 2.36. The van der Waals surface area contributed by atoms with Gasteiger partial charge in [-0.2, -0.15) is 0 Å². The van der Waals surface area contributed by atoms with Crippen LogP contribution in [0.25, 0.3) is 0 Å². The normalized spacial score (nSPS) is 26.7. The number of morpholine rings is 1. The summed E-state index contributed by atoms with van der Waals surface area (Å²) in [5.74, 6) is 0. The zero-order chi connectivity index (χ0) is 15.4. The van der Waals surface area contributed by atoms with Gasteiger partial charge in [0.1, 0.15) is 0 Å². The largest absolute Gasteiger partial charge is 0.394 e. The van der Waals surface area contributed by atoms with Crippen molar-refractivity contribution in [2.24, 2.45) is 5.41 Å². The minimum atomic E-state index is -0.175. The van der Waals surface area contributed by atoms with Crippen molar-refractivity contribution in [1.82, 2.24) is 10.2 Å². The Morgan fingerprint density at radius 1 is 1.45 bits per heavy atom. The molecular formula is C16H34N2O2. The maximum Gasteiger partial charge on any atom is 0.0940 e. The number of rotatable bonds is 7. The van der Waals surface area contributed by atoms with Crippen molar-refractivity contribution in [3.05, 3.63) is 0 Å². The van der Waals surface area contributed by atoms with Crippen LogP contribution < -0.4 is 5.32 Å². The number of nitrogens with one attached hydrogen (secondary N) is 1. The van der Waals surface area contributed by atoms with E-state index in [9.17, 15) is 5.11 Å². The van der Waals surface area contributed by atoms with Crippen molar-refractivity contribution >= 4 is 0 Å². The molecule has 0 amide bonds. The van der Waals surface area contributed by atoms with Crippen LogP contribution in [0, 0.1) is 5.41 Å². The van der Waals surface area contributed by atoms with Crippen LogP contribution >= 0.6 is 0 Å². The topological polar surface area (TPSA) is 44.7 Å². The van der Waals surface area contributed by atoms with Crippen molar-refractivity contribution in [2.75, 3.05) is 32.8 Å². The molecule has 0 saturated carbocycles. The molecule has 2 unspecified atom stereocenters. The van der Waals surface area contributed by atoms with Crippen LogP contribution in [0.5, 0.6) is 0 Å². The fourth-order valence-electron chi connectivity index (χ4n) is 2.92. The number of nitrogens with zero attached hydrogens (tertiary/aromatic N) is 1. The van der Waals surface area contributed by atoms with E-state index in [2.05, 4.69) is 51.8 Å². The summed E-state index contributed by atoms with van der Waals surface area (Å²) in [6, 6.07) is 0.521. The lowest BCUT2D eigenvalue weighted by Crippen LogP contribution is -2.56. The Balaban J connectivity index is 2.63. The summed E-state index contributed by atoms with van der Waals surface area (Å²) < 4.78 is 5.89. The molecule has 2 atom stereocenters. The van der Waals surface area contributed by atoms with E-state index in [-0.39, 0.29) is 23.7 Å². The number of aliphatic hydroxyl groups is 1. The molecule has 1 aliphatic rings. The first kappa shape index (κ1) is 17.9. The molecule has 0 radical (unpaired) electrons. The zero-order valence-electron chi connectivity index (χ0n) is 14.2. The van der Waals surface area contributed by atoms with E-state index >= 15 is 0 Å². The monoisotopic (exact) mass is 286 g/mol. The molecule has 0 aromatic carbocycles. The van der Waals surface area contributed by atoms with Gasteiger partial charge in [0.05, 0.1) is 18.3 Å². The standard InChI is InChI=1S/C16H34N2O2/c1-7-16(6,10-17-13(2)3)12-18-8-14(9-19)20-15(4,5)11-18/h13-14,17,19H,7-12H2,1-6H3. The lowest BCUT2D eigenvalue weighted by Gasteiger charge is -2.45. The molecule has 0 aromatic heterocycles. The highest BCUT2D eigenvalue weighted by molar-refractivity contribution is 4.88. The van der Waals surface area contributed by atoms with E-state index in [4.69, 9.17) is 4.74 Å². The Kier molecular flexibility index (Phi) is 6.45. The van der Waals surface area contributed by atoms with Gasteiger partial charge in [-0.05, 0) is 25.7 Å². The molecule has 4 heteroatoms. The van der Waals surface area contributed by atoms with Gasteiger partial charge >= 0.3 is 0 Å². The molecule has 1 rings (SSSR count). The first-order chi connectivity index (χ1) is 9.19. The second-order valence-corrected chi connectivity index (χ2v) is 7.55. The van der Waals surface area contributed by atoms with E-state index in [1.807, 2.05) is 0 Å². The molecule has 0 aliphatic carbocycles. The summed E-state index contributed by atoms with van der Waals surface area (Å²) in [7, 11) is 0. The molecular weight excluding hydrogens is 252 g/mol. The number of hydrogen-bond donors (Lipinski definition) is 2. The van der Waals surface area contributed by atoms with Gasteiger partial charge in [0.25, 0.3) is 0 Å². The van der Waals surface area contributed by atoms with Crippen LogP contribution in [0.3, 0.4) is 0 Å². The fourth-order valence-corrected chi connectivity index (χ4v) is 2.92. The predicted octanol–water partition coefficient (Wildman–Crippen LogP) is 1.87. The molecule has 1 fully saturated rings. The van der Waals surface area contributed by atoms with Crippen LogP contribution in [-0.4, -0.2) is 60.5 Å². The second kappa shape index (κ2) is 7.21. The highest BCUT2D eigenvalue weighted by atomic mass is 16.5. The van der Waals surface area contributed by atoms with Crippen LogP contribution in [0.1, 0.15) is 48.0 Å². The minimum absolute atomic E-state index is 0.0575. The molecule has 2 N–H and O–H groups in total. The first-order valence-corrected chi connectivity index (χ1v) is 7.94. The maximum atomic E-state index is 9.41. The van der Waals surface area contributed by atoms with Crippen molar-refractivity contribution in [3.8, 4) is 0 Å². The van der Waals surface area contributed by atoms with Crippen molar-refractivity contribution in [1.29, 1.82) is 0 Å². The summed E-state index contributed by atoms with van der Waals surface area (Å²) >= 11 is 0. The second-order valence-electron chi connectivity index (χ2n) is 7.55. The van der Waals surface area contributed by atoms with Crippen LogP contribution in [0.2, 0.25) is 0 Å². The van der Waals surface area contributed by atoms with Gasteiger partial charge in [0, 0.05) is 32.2 Å². The average molecular weight is 286 g/mol. The summed E-state index contributed by atoms with van der Waals surface area (Å²) in [5.41, 5.74) is 0.0868. The summed E-state index contributed by atoms with van der Waals surface area (Å²) in [5, 5.41) is 13.0. The lowest BCUT2D eigenvalue weighted by atomic mass is 9.85. The molecule has 4 nitrogen and oxygen atoms in total. The van der Waals surface area contributed by atoms with Gasteiger partial charge in [-0.1, -0.05) is 27.7 Å². The third-order valence-electron chi connectivity index (χ3n) is 4.15. The Morgan fingerprint density at radius 3 is 2.60 bits per heavy atom. The Bertz CT molecular complexity index is 294. The van der Waals surface area contributed by atoms with Crippen LogP contribution in [-0.2, 0) is 4.74 Å². The summed E-state index contributed by atoms with van der Waals surface area (Å²) in [6.45, 7) is 17.1. The van der Waals surface area contributed by atoms with Crippen molar-refractivity contribution in [2.45, 2.75) is 65.7 Å². The number of hydrogen-bond acceptors (Lipinski definition) is 4. The molecule has 1 aliphatic heterocycles. The molecule has 20 heavy (non-hydrogen) atoms. The summed E-state index contributed by atoms with van der Waals surface area (Å²) in [6.07, 6.45) is 1.09. The highest BCUT2D eigenvalue weighted by Crippen LogP contribution is 2.27. The van der Waals surface area contributed by atoms with Gasteiger partial charge in [-0.25, -0.2) is 0 Å². The Hall–Kier alpha value is -0.160. The quantitative estimate of drug-likeness (QED) is 0.750. The van der Waals surface area contributed by atoms with E-state index in [0.29, 0.717) is 6.04 Å². The zero-order valence-corrected chi connectivity index (χ0v) is 14.2. The van der Waals surface area contributed by atoms with E-state index < -0.39 is 0 Å². The minimum Gasteiger partial charge on any atom is -0.394 e. The molecule has 120 valence electrons. The maximum absolute atomic E-state index is 9.41. The number of aliphatic hydroxyl groups excluding tert-OH is 1. The third kappa shape index (κ3) is 5.68. The Labute approximate surface area is 124 Å².